The molecule has 1 heterocycles. The lowest BCUT2D eigenvalue weighted by atomic mass is 10.1. The molecule has 0 radical (unpaired) electrons. The number of hydrogen-bond donors (Lipinski definition) is 1. The maximum absolute atomic E-state index is 12.2. The summed E-state index contributed by atoms with van der Waals surface area (Å²) < 4.78 is 1.09. The van der Waals surface area contributed by atoms with Crippen LogP contribution in [0.1, 0.15) is 23.2 Å². The summed E-state index contributed by atoms with van der Waals surface area (Å²) in [5.41, 5.74) is 1.68. The minimum Gasteiger partial charge on any atom is -0.322 e. The van der Waals surface area contributed by atoms with Gasteiger partial charge in [-0.1, -0.05) is 0 Å². The Morgan fingerprint density at radius 1 is 0.913 bits per heavy atom. The second kappa shape index (κ2) is 6.49. The van der Waals surface area contributed by atoms with Gasteiger partial charge in [0.1, 0.15) is 0 Å². The Labute approximate surface area is 146 Å². The zero-order valence-electron chi connectivity index (χ0n) is 12.1. The first-order valence-electron chi connectivity index (χ1n) is 7.07. The number of nitrogens with one attached hydrogen (secondary N) is 1. The van der Waals surface area contributed by atoms with Gasteiger partial charge in [0, 0.05) is 27.7 Å². The average Bonchev–Trinajstić information content (AvgIpc) is 2.88. The van der Waals surface area contributed by atoms with Gasteiger partial charge in [-0.05, 0) is 71.1 Å². The van der Waals surface area contributed by atoms with Crippen LogP contribution in [-0.2, 0) is 9.59 Å². The van der Waals surface area contributed by atoms with Crippen molar-refractivity contribution >= 4 is 51.7 Å². The number of imide groups is 1. The van der Waals surface area contributed by atoms with Crippen molar-refractivity contribution in [3.8, 4) is 0 Å². The molecule has 3 rings (SSSR count). The number of hydrogen-bond acceptors (Lipinski definition) is 3. The fourth-order valence-electron chi connectivity index (χ4n) is 2.36. The molecule has 5 nitrogen and oxygen atoms in total. The highest BCUT2D eigenvalue weighted by Gasteiger charge is 2.30. The SMILES string of the molecule is O=C(Nc1ccc(I)cc1)c1ccc(N2C(=O)CCC2=O)cc1. The lowest BCUT2D eigenvalue weighted by Crippen LogP contribution is -2.28. The predicted octanol–water partition coefficient (Wildman–Crippen LogP) is 3.20. The van der Waals surface area contributed by atoms with Crippen molar-refractivity contribution in [3.63, 3.8) is 0 Å². The molecular formula is C17H13IN2O3. The molecule has 3 amide bonds. The largest absolute Gasteiger partial charge is 0.322 e. The van der Waals surface area contributed by atoms with Gasteiger partial charge >= 0.3 is 0 Å². The molecule has 2 aromatic rings. The lowest BCUT2D eigenvalue weighted by Gasteiger charge is -2.14. The van der Waals surface area contributed by atoms with E-state index in [-0.39, 0.29) is 30.6 Å². The van der Waals surface area contributed by atoms with Gasteiger partial charge in [0.2, 0.25) is 11.8 Å². The van der Waals surface area contributed by atoms with Crippen molar-refractivity contribution in [2.45, 2.75) is 12.8 Å². The standard InChI is InChI=1S/C17H13IN2O3/c18-12-3-5-13(6-4-12)19-17(23)11-1-7-14(8-2-11)20-15(21)9-10-16(20)22/h1-8H,9-10H2,(H,19,23). The third kappa shape index (κ3) is 3.42. The molecule has 1 fully saturated rings. The Bertz CT molecular complexity index is 753. The quantitative estimate of drug-likeness (QED) is 0.613. The van der Waals surface area contributed by atoms with E-state index < -0.39 is 0 Å². The van der Waals surface area contributed by atoms with Crippen LogP contribution in [0.5, 0.6) is 0 Å². The van der Waals surface area contributed by atoms with Crippen LogP contribution in [0.3, 0.4) is 0 Å². The molecule has 1 N–H and O–H groups in total. The summed E-state index contributed by atoms with van der Waals surface area (Å²) in [7, 11) is 0. The highest BCUT2D eigenvalue weighted by molar-refractivity contribution is 14.1. The van der Waals surface area contributed by atoms with E-state index >= 15 is 0 Å². The number of carbonyl (C=O) groups excluding carboxylic acids is 3. The monoisotopic (exact) mass is 420 g/mol. The molecule has 1 saturated heterocycles. The summed E-state index contributed by atoms with van der Waals surface area (Å²) in [5.74, 6) is -0.644. The maximum Gasteiger partial charge on any atom is 0.255 e. The predicted molar refractivity (Wildman–Crippen MR) is 95.3 cm³/mol. The zero-order valence-corrected chi connectivity index (χ0v) is 14.2. The van der Waals surface area contributed by atoms with Crippen LogP contribution in [0.15, 0.2) is 48.5 Å². The summed E-state index contributed by atoms with van der Waals surface area (Å²) in [6, 6.07) is 13.9. The topological polar surface area (TPSA) is 66.5 Å². The van der Waals surface area contributed by atoms with Crippen LogP contribution >= 0.6 is 22.6 Å². The fraction of sp³-hybridized carbons (Fsp3) is 0.118. The molecule has 0 unspecified atom stereocenters. The summed E-state index contributed by atoms with van der Waals surface area (Å²) in [5, 5.41) is 2.80. The first kappa shape index (κ1) is 15.7. The van der Waals surface area contributed by atoms with Crippen LogP contribution in [0.25, 0.3) is 0 Å². The van der Waals surface area contributed by atoms with E-state index in [4.69, 9.17) is 0 Å². The molecule has 116 valence electrons. The Morgan fingerprint density at radius 2 is 1.48 bits per heavy atom. The van der Waals surface area contributed by atoms with E-state index in [0.717, 1.165) is 3.57 Å². The van der Waals surface area contributed by atoms with E-state index in [0.29, 0.717) is 16.9 Å². The van der Waals surface area contributed by atoms with Crippen molar-refractivity contribution in [2.75, 3.05) is 10.2 Å². The van der Waals surface area contributed by atoms with E-state index in [1.54, 1.807) is 24.3 Å². The van der Waals surface area contributed by atoms with E-state index in [2.05, 4.69) is 27.9 Å². The van der Waals surface area contributed by atoms with E-state index in [1.165, 1.54) is 4.90 Å². The van der Waals surface area contributed by atoms with Crippen molar-refractivity contribution in [2.24, 2.45) is 0 Å². The van der Waals surface area contributed by atoms with Gasteiger partial charge in [-0.2, -0.15) is 0 Å². The highest BCUT2D eigenvalue weighted by Crippen LogP contribution is 2.23. The molecule has 1 aliphatic heterocycles. The van der Waals surface area contributed by atoms with Gasteiger partial charge in [0.25, 0.3) is 5.91 Å². The van der Waals surface area contributed by atoms with Gasteiger partial charge in [-0.25, -0.2) is 0 Å². The average molecular weight is 420 g/mol. The third-order valence-corrected chi connectivity index (χ3v) is 4.26. The van der Waals surface area contributed by atoms with Crippen molar-refractivity contribution in [3.05, 3.63) is 57.7 Å². The van der Waals surface area contributed by atoms with Crippen LogP contribution in [0.4, 0.5) is 11.4 Å². The summed E-state index contributed by atoms with van der Waals surface area (Å²) >= 11 is 2.19. The Hall–Kier alpha value is -2.22. The first-order valence-corrected chi connectivity index (χ1v) is 8.15. The van der Waals surface area contributed by atoms with Crippen molar-refractivity contribution < 1.29 is 14.4 Å². The number of anilines is 2. The molecule has 0 bridgehead atoms. The van der Waals surface area contributed by atoms with Crippen molar-refractivity contribution in [1.82, 2.24) is 0 Å². The van der Waals surface area contributed by atoms with Gasteiger partial charge in [0.15, 0.2) is 0 Å². The highest BCUT2D eigenvalue weighted by atomic mass is 127. The molecular weight excluding hydrogens is 407 g/mol. The second-order valence-electron chi connectivity index (χ2n) is 5.13. The van der Waals surface area contributed by atoms with Gasteiger partial charge < -0.3 is 5.32 Å². The second-order valence-corrected chi connectivity index (χ2v) is 6.38. The maximum atomic E-state index is 12.2. The Kier molecular flexibility index (Phi) is 4.42. The summed E-state index contributed by atoms with van der Waals surface area (Å²) in [6.45, 7) is 0. The minimum atomic E-state index is -0.239. The minimum absolute atomic E-state index is 0.203. The van der Waals surface area contributed by atoms with Crippen LogP contribution in [0.2, 0.25) is 0 Å². The van der Waals surface area contributed by atoms with Gasteiger partial charge in [0.05, 0.1) is 5.69 Å². The summed E-state index contributed by atoms with van der Waals surface area (Å²) in [6.07, 6.45) is 0.488. The van der Waals surface area contributed by atoms with Crippen LogP contribution in [0, 0.1) is 3.57 Å². The number of nitrogens with zero attached hydrogens (tertiary/aromatic N) is 1. The Morgan fingerprint density at radius 3 is 2.04 bits per heavy atom. The van der Waals surface area contributed by atoms with Crippen LogP contribution in [-0.4, -0.2) is 17.7 Å². The molecule has 1 aliphatic rings. The van der Waals surface area contributed by atoms with E-state index in [1.807, 2.05) is 24.3 Å². The smallest absolute Gasteiger partial charge is 0.255 e. The zero-order chi connectivity index (χ0) is 16.4. The first-order chi connectivity index (χ1) is 11.0. The number of benzene rings is 2. The lowest BCUT2D eigenvalue weighted by molar-refractivity contribution is -0.121. The van der Waals surface area contributed by atoms with Crippen LogP contribution < -0.4 is 10.2 Å². The molecule has 0 atom stereocenters. The molecule has 0 aromatic heterocycles. The van der Waals surface area contributed by atoms with Crippen molar-refractivity contribution in [1.29, 1.82) is 0 Å². The normalized spacial score (nSPS) is 14.2. The van der Waals surface area contributed by atoms with E-state index in [9.17, 15) is 14.4 Å². The molecule has 2 aromatic carbocycles. The number of carbonyl (C=O) groups is 3. The summed E-state index contributed by atoms with van der Waals surface area (Å²) in [4.78, 5) is 36.8. The van der Waals surface area contributed by atoms with Gasteiger partial charge in [-0.3, -0.25) is 19.3 Å². The Balaban J connectivity index is 1.74. The molecule has 0 saturated carbocycles. The number of halogens is 1. The molecule has 6 heteroatoms. The third-order valence-electron chi connectivity index (χ3n) is 3.54. The fourth-order valence-corrected chi connectivity index (χ4v) is 2.72. The number of rotatable bonds is 3. The number of amides is 3. The van der Waals surface area contributed by atoms with Gasteiger partial charge in [-0.15, -0.1) is 0 Å². The molecule has 0 aliphatic carbocycles. The molecule has 0 spiro atoms. The molecule has 23 heavy (non-hydrogen) atoms.